The topological polar surface area (TPSA) is 126 Å². The van der Waals surface area contributed by atoms with E-state index in [2.05, 4.69) is 55.0 Å². The molecule has 0 radical (unpaired) electrons. The number of fused-ring (bicyclic) bond motifs is 7. The summed E-state index contributed by atoms with van der Waals surface area (Å²) in [4.78, 5) is 56.6. The number of hydrogen-bond acceptors (Lipinski definition) is 5. The Hall–Kier alpha value is -4.28. The number of hydrogen-bond donors (Lipinski definition) is 0. The number of carbonyl (C=O) groups is 3. The molecule has 0 spiro atoms. The number of rotatable bonds is 20. The first-order valence-corrected chi connectivity index (χ1v) is 23.7. The van der Waals surface area contributed by atoms with Gasteiger partial charge in [-0.3, -0.25) is 14.4 Å². The van der Waals surface area contributed by atoms with E-state index in [1.54, 1.807) is 0 Å². The van der Waals surface area contributed by atoms with Crippen LogP contribution in [0.2, 0.25) is 0 Å². The summed E-state index contributed by atoms with van der Waals surface area (Å²) in [5, 5.41) is 6.83. The van der Waals surface area contributed by atoms with Crippen LogP contribution < -0.4 is 25.7 Å². The second kappa shape index (κ2) is 22.8. The van der Waals surface area contributed by atoms with E-state index in [-0.39, 0.29) is 59.7 Å². The van der Waals surface area contributed by atoms with Crippen LogP contribution in [0.15, 0.2) is 29.6 Å². The Morgan fingerprint density at radius 1 is 0.844 bits per heavy atom. The molecule has 10 heteroatoms. The number of ketones is 1. The molecule has 0 N–H and O–H groups in total. The molecule has 3 aromatic heterocycles. The largest absolute Gasteiger partial charge is 2.00 e. The molecule has 1 saturated heterocycles. The average molecular weight is 879 g/mol. The van der Waals surface area contributed by atoms with Gasteiger partial charge in [-0.1, -0.05) is 150 Å². The molecule has 1 aliphatic carbocycles. The summed E-state index contributed by atoms with van der Waals surface area (Å²) < 4.78 is 11.0. The number of esters is 2. The molecule has 5 atom stereocenters. The van der Waals surface area contributed by atoms with Gasteiger partial charge in [0, 0.05) is 12.0 Å². The minimum absolute atomic E-state index is 0. The maximum absolute atomic E-state index is 14.4. The van der Waals surface area contributed by atoms with Crippen LogP contribution in [-0.4, -0.2) is 54.5 Å². The Morgan fingerprint density at radius 2 is 1.52 bits per heavy atom. The van der Waals surface area contributed by atoms with Crippen LogP contribution in [0.1, 0.15) is 180 Å². The summed E-state index contributed by atoms with van der Waals surface area (Å²) in [5.74, 6) is -1.49. The van der Waals surface area contributed by atoms with Gasteiger partial charge in [-0.05, 0) is 88.7 Å². The van der Waals surface area contributed by atoms with E-state index < -0.39 is 11.9 Å². The van der Waals surface area contributed by atoms with Gasteiger partial charge in [0.1, 0.15) is 12.5 Å². The fourth-order valence-electron chi connectivity index (χ4n) is 9.95. The summed E-state index contributed by atoms with van der Waals surface area (Å²) in [5.41, 5.74) is 10.7. The third-order valence-corrected chi connectivity index (χ3v) is 14.0. The smallest absolute Gasteiger partial charge is 0.664 e. The first-order valence-electron chi connectivity index (χ1n) is 23.7. The second-order valence-electron chi connectivity index (χ2n) is 18.6. The van der Waals surface area contributed by atoms with Gasteiger partial charge in [-0.25, -0.2) is 0 Å². The van der Waals surface area contributed by atoms with Crippen LogP contribution in [0.5, 0.6) is 0 Å². The van der Waals surface area contributed by atoms with E-state index in [1.165, 1.54) is 64.0 Å². The Kier molecular flexibility index (Phi) is 18.0. The maximum Gasteiger partial charge on any atom is 2.00 e. The normalized spacial score (nSPS) is 21.7. The van der Waals surface area contributed by atoms with E-state index in [4.69, 9.17) is 29.7 Å². The third-order valence-electron chi connectivity index (χ3n) is 14.0. The Bertz CT molecular complexity index is 2420. The average Bonchev–Trinajstić information content (AvgIpc) is 4.00. The zero-order valence-corrected chi connectivity index (χ0v) is 41.8. The number of ether oxygens (including phenoxy) is 2. The van der Waals surface area contributed by atoms with Gasteiger partial charge in [0.05, 0.1) is 7.11 Å². The zero-order chi connectivity index (χ0) is 45.5. The molecular formula is C54H70MgN4O5-2. The number of carbonyl (C=O) groups excluding carboxylic acids is 3. The van der Waals surface area contributed by atoms with Crippen molar-refractivity contribution in [2.45, 2.75) is 146 Å². The standard InChI is InChI=1S/C54H71N4O5.Mg/c1-12-15-16-19-31(4)20-17-21-32(5)22-18-23-33(6)26-27-63-47(59)25-24-40-36(9)43-28-41-34(7)38(13-2)45(55-41)29-42-35(8)39(14-3)46(56-42)30-44-37(10)48-52(58-44)49(51(40)57-43)50(53(48)60)54(61)62-11;/h13,26,28-32,36,40,50H,2,12,14-25,27H2,1,3-11H3,(H-,57,58,60);/q-3;+2/p-1/b33-26+,42-29-,43-28-,46-30-;/t31-,32-,36+,40+,50-;/m1./s1. The number of aromatic nitrogens is 3. The van der Waals surface area contributed by atoms with Gasteiger partial charge in [0.15, 0.2) is 5.78 Å². The number of methoxy groups -OCH3 is 1. The molecule has 0 saturated carbocycles. The monoisotopic (exact) mass is 879 g/mol. The van der Waals surface area contributed by atoms with Crippen LogP contribution in [0.3, 0.4) is 0 Å². The molecule has 0 amide bonds. The minimum atomic E-state index is -1.22. The van der Waals surface area contributed by atoms with Gasteiger partial charge in [0.25, 0.3) is 0 Å². The van der Waals surface area contributed by atoms with Gasteiger partial charge in [-0.2, -0.15) is 11.4 Å². The molecular weight excluding hydrogens is 809 g/mol. The predicted octanol–water partition coefficient (Wildman–Crippen LogP) is 10.1. The third kappa shape index (κ3) is 11.0. The Morgan fingerprint density at radius 3 is 2.19 bits per heavy atom. The quantitative estimate of drug-likeness (QED) is 0.0361. The molecule has 8 bridgehead atoms. The number of nitrogens with zero attached hydrogens (tertiary/aromatic N) is 4. The van der Waals surface area contributed by atoms with Gasteiger partial charge in [0.2, 0.25) is 0 Å². The van der Waals surface area contributed by atoms with E-state index in [9.17, 15) is 14.4 Å². The van der Waals surface area contributed by atoms with Crippen molar-refractivity contribution < 1.29 is 23.9 Å². The summed E-state index contributed by atoms with van der Waals surface area (Å²) >= 11 is 0. The van der Waals surface area contributed by atoms with E-state index in [0.717, 1.165) is 81.1 Å². The molecule has 340 valence electrons. The Labute approximate surface area is 398 Å². The van der Waals surface area contributed by atoms with Crippen LogP contribution in [0.4, 0.5) is 0 Å². The summed E-state index contributed by atoms with van der Waals surface area (Å²) in [6.07, 6.45) is 23.7. The summed E-state index contributed by atoms with van der Waals surface area (Å²) in [6, 6.07) is 0. The van der Waals surface area contributed by atoms with Crippen molar-refractivity contribution in [2.24, 2.45) is 29.6 Å². The summed E-state index contributed by atoms with van der Waals surface area (Å²) in [7, 11) is 1.30. The van der Waals surface area contributed by atoms with Crippen LogP contribution in [-0.2, 0) is 25.5 Å². The van der Waals surface area contributed by atoms with Crippen molar-refractivity contribution in [3.05, 3.63) is 102 Å². The number of Topliss-reactive ketones (excluding diaryl/α,β-unsaturated/α-hetero) is 1. The molecule has 9 nitrogen and oxygen atoms in total. The van der Waals surface area contributed by atoms with Crippen molar-refractivity contribution in [2.75, 3.05) is 13.7 Å². The van der Waals surface area contributed by atoms with Gasteiger partial charge in [-0.15, -0.1) is 33.5 Å². The van der Waals surface area contributed by atoms with Crippen molar-refractivity contribution in [3.63, 3.8) is 0 Å². The summed E-state index contributed by atoms with van der Waals surface area (Å²) in [6.45, 7) is 23.7. The Balaban J connectivity index is 0.00000771. The SMILES string of the molecule is C=Cc1c2[n-]c(c1C)/C=C1\[N-]/C(=C3\c4[n-]c(c(C)c4C(=O)[C@@H]3C(=O)OC)/C=c3\[n-]/c(c(C)c3CC)=C\2)[C@@H](CCC(=O)OC/C=C(\C)CCC[C@H](C)CCC[C@H](C)CCCCC)[C@@H]1C.[Mg+2]. The van der Waals surface area contributed by atoms with Crippen LogP contribution >= 0.6 is 0 Å². The number of unbranched alkanes of at least 4 members (excludes halogenated alkanes) is 2. The molecule has 3 aliphatic rings. The van der Waals surface area contributed by atoms with E-state index in [0.29, 0.717) is 40.2 Å². The van der Waals surface area contributed by atoms with Crippen molar-refractivity contribution in [1.82, 2.24) is 15.0 Å². The number of allylic oxidation sites excluding steroid dienone is 3. The fourth-order valence-corrected chi connectivity index (χ4v) is 9.95. The first kappa shape index (κ1) is 50.7. The van der Waals surface area contributed by atoms with Crippen LogP contribution in [0.25, 0.3) is 35.2 Å². The van der Waals surface area contributed by atoms with Crippen molar-refractivity contribution in [1.29, 1.82) is 0 Å². The molecule has 0 aromatic carbocycles. The second-order valence-corrected chi connectivity index (χ2v) is 18.6. The molecule has 1 fully saturated rings. The molecule has 5 heterocycles. The van der Waals surface area contributed by atoms with Gasteiger partial charge >= 0.3 is 35.0 Å². The molecule has 6 rings (SSSR count). The van der Waals surface area contributed by atoms with Crippen molar-refractivity contribution >= 4 is 70.7 Å². The van der Waals surface area contributed by atoms with Crippen LogP contribution in [0, 0.1) is 50.4 Å². The molecule has 2 aliphatic heterocycles. The maximum atomic E-state index is 14.4. The van der Waals surface area contributed by atoms with Crippen molar-refractivity contribution in [3.8, 4) is 0 Å². The minimum Gasteiger partial charge on any atom is -0.664 e. The molecule has 64 heavy (non-hydrogen) atoms. The predicted molar refractivity (Wildman–Crippen MR) is 260 cm³/mol. The molecule has 3 aromatic rings. The van der Waals surface area contributed by atoms with E-state index in [1.807, 2.05) is 44.2 Å². The first-order chi connectivity index (χ1) is 30.2. The molecule has 0 unspecified atom stereocenters. The zero-order valence-electron chi connectivity index (χ0n) is 40.4. The fraction of sp³-hybridized carbons (Fsp3) is 0.537. The van der Waals surface area contributed by atoms with E-state index >= 15 is 0 Å². The van der Waals surface area contributed by atoms with Gasteiger partial charge < -0.3 is 29.7 Å².